The van der Waals surface area contributed by atoms with Crippen molar-refractivity contribution in [3.05, 3.63) is 17.5 Å². The molecule has 10 heteroatoms. The van der Waals surface area contributed by atoms with Gasteiger partial charge < -0.3 is 4.90 Å². The van der Waals surface area contributed by atoms with E-state index >= 15 is 0 Å². The number of thiophene rings is 1. The van der Waals surface area contributed by atoms with Gasteiger partial charge in [-0.3, -0.25) is 9.89 Å². The first-order valence-electron chi connectivity index (χ1n) is 7.79. The van der Waals surface area contributed by atoms with E-state index in [1.54, 1.807) is 6.92 Å². The van der Waals surface area contributed by atoms with Gasteiger partial charge in [0.2, 0.25) is 11.1 Å². The monoisotopic (exact) mass is 390 g/mol. The molecule has 1 atom stereocenters. The van der Waals surface area contributed by atoms with Gasteiger partial charge in [0.05, 0.1) is 10.6 Å². The van der Waals surface area contributed by atoms with E-state index in [-0.39, 0.29) is 11.7 Å². The smallest absolute Gasteiger partial charge is 0.330 e. The molecule has 3 rings (SSSR count). The molecular formula is C15H17F3N4OS2. The molecule has 2 aromatic rings. The van der Waals surface area contributed by atoms with E-state index in [2.05, 4.69) is 15.2 Å². The highest BCUT2D eigenvalue weighted by molar-refractivity contribution is 7.99. The standard InChI is InChI=1S/C15H17F3N4OS2/c1-9(10-4-5-10)22(8-15(16,17)18)12(23)7-25-14-19-13(20-21-14)11-3-2-6-24-11/h2-3,6,9-10H,4-5,7-8H2,1H3,(H,19,20,21)/t9-/m0/s1. The molecular weight excluding hydrogens is 373 g/mol. The lowest BCUT2D eigenvalue weighted by Gasteiger charge is -2.30. The Hall–Kier alpha value is -1.55. The predicted molar refractivity (Wildman–Crippen MR) is 90.4 cm³/mol. The van der Waals surface area contributed by atoms with E-state index < -0.39 is 24.7 Å². The lowest BCUT2D eigenvalue weighted by Crippen LogP contribution is -2.46. The molecule has 2 heterocycles. The van der Waals surface area contributed by atoms with Gasteiger partial charge >= 0.3 is 6.18 Å². The van der Waals surface area contributed by atoms with Crippen molar-refractivity contribution in [1.82, 2.24) is 20.1 Å². The van der Waals surface area contributed by atoms with E-state index in [1.165, 1.54) is 11.3 Å². The van der Waals surface area contributed by atoms with Gasteiger partial charge in [0.15, 0.2) is 5.82 Å². The highest BCUT2D eigenvalue weighted by Crippen LogP contribution is 2.36. The van der Waals surface area contributed by atoms with E-state index in [0.717, 1.165) is 34.4 Å². The van der Waals surface area contributed by atoms with Gasteiger partial charge in [0.1, 0.15) is 6.54 Å². The largest absolute Gasteiger partial charge is 0.406 e. The number of carbonyl (C=O) groups excluding carboxylic acids is 1. The summed E-state index contributed by atoms with van der Waals surface area (Å²) in [5, 5.41) is 9.04. The molecule has 1 amide bonds. The lowest BCUT2D eigenvalue weighted by atomic mass is 10.2. The number of H-pyrrole nitrogens is 1. The molecule has 0 radical (unpaired) electrons. The first-order valence-corrected chi connectivity index (χ1v) is 9.65. The molecule has 0 saturated heterocycles. The Bertz CT molecular complexity index is 713. The van der Waals surface area contributed by atoms with Crippen LogP contribution >= 0.6 is 23.1 Å². The highest BCUT2D eigenvalue weighted by atomic mass is 32.2. The average Bonchev–Trinajstić information content (AvgIpc) is 3.06. The van der Waals surface area contributed by atoms with Gasteiger partial charge in [-0.15, -0.1) is 16.4 Å². The Balaban J connectivity index is 1.61. The van der Waals surface area contributed by atoms with E-state index in [0.29, 0.717) is 11.0 Å². The fraction of sp³-hybridized carbons (Fsp3) is 0.533. The number of rotatable bonds is 7. The van der Waals surface area contributed by atoms with Gasteiger partial charge in [0.25, 0.3) is 0 Å². The van der Waals surface area contributed by atoms with Crippen LogP contribution in [0.3, 0.4) is 0 Å². The van der Waals surface area contributed by atoms with E-state index in [4.69, 9.17) is 0 Å². The zero-order valence-electron chi connectivity index (χ0n) is 13.4. The minimum atomic E-state index is -4.40. The molecule has 0 bridgehead atoms. The maximum absolute atomic E-state index is 12.8. The fourth-order valence-corrected chi connectivity index (χ4v) is 3.88. The molecule has 1 aliphatic rings. The van der Waals surface area contributed by atoms with Crippen LogP contribution in [-0.4, -0.2) is 50.5 Å². The molecule has 1 N–H and O–H groups in total. The maximum atomic E-state index is 12.8. The van der Waals surface area contributed by atoms with Crippen molar-refractivity contribution in [1.29, 1.82) is 0 Å². The van der Waals surface area contributed by atoms with Crippen LogP contribution in [-0.2, 0) is 4.79 Å². The summed E-state index contributed by atoms with van der Waals surface area (Å²) in [7, 11) is 0. The van der Waals surface area contributed by atoms with Gasteiger partial charge in [-0.2, -0.15) is 13.2 Å². The molecule has 1 saturated carbocycles. The Kier molecular flexibility index (Phi) is 5.38. The number of nitrogens with zero attached hydrogens (tertiary/aromatic N) is 3. The Labute approximate surface area is 151 Å². The summed E-state index contributed by atoms with van der Waals surface area (Å²) in [4.78, 5) is 18.5. The molecule has 0 aliphatic heterocycles. The Morgan fingerprint density at radius 1 is 1.52 bits per heavy atom. The topological polar surface area (TPSA) is 61.9 Å². The number of thioether (sulfide) groups is 1. The van der Waals surface area contributed by atoms with Crippen molar-refractivity contribution in [2.75, 3.05) is 12.3 Å². The summed E-state index contributed by atoms with van der Waals surface area (Å²) in [6.07, 6.45) is -2.65. The summed E-state index contributed by atoms with van der Waals surface area (Å²) in [5.41, 5.74) is 0. The molecule has 0 spiro atoms. The van der Waals surface area contributed by atoms with Gasteiger partial charge in [0, 0.05) is 6.04 Å². The summed E-state index contributed by atoms with van der Waals surface area (Å²) in [6.45, 7) is 0.478. The van der Waals surface area contributed by atoms with Crippen molar-refractivity contribution in [3.8, 4) is 10.7 Å². The number of alkyl halides is 3. The first kappa shape index (κ1) is 18.2. The molecule has 1 aliphatic carbocycles. The van der Waals surface area contributed by atoms with Crippen molar-refractivity contribution in [2.24, 2.45) is 5.92 Å². The predicted octanol–water partition coefficient (Wildman–Crippen LogP) is 3.81. The number of nitrogens with one attached hydrogen (secondary N) is 1. The normalized spacial score (nSPS) is 16.0. The van der Waals surface area contributed by atoms with Crippen LogP contribution in [0.4, 0.5) is 13.2 Å². The average molecular weight is 390 g/mol. The number of hydrogen-bond donors (Lipinski definition) is 1. The van der Waals surface area contributed by atoms with Gasteiger partial charge in [-0.25, -0.2) is 4.98 Å². The Morgan fingerprint density at radius 2 is 2.28 bits per heavy atom. The third-order valence-electron chi connectivity index (χ3n) is 4.01. The lowest BCUT2D eigenvalue weighted by molar-refractivity contribution is -0.164. The van der Waals surface area contributed by atoms with Crippen LogP contribution in [0.15, 0.2) is 22.7 Å². The van der Waals surface area contributed by atoms with Crippen LogP contribution in [0.5, 0.6) is 0 Å². The van der Waals surface area contributed by atoms with Gasteiger partial charge in [-0.1, -0.05) is 17.8 Å². The minimum Gasteiger partial charge on any atom is -0.330 e. The van der Waals surface area contributed by atoms with Crippen LogP contribution in [0.2, 0.25) is 0 Å². The zero-order valence-corrected chi connectivity index (χ0v) is 15.0. The second-order valence-corrected chi connectivity index (χ2v) is 7.84. The molecule has 136 valence electrons. The number of aromatic amines is 1. The van der Waals surface area contributed by atoms with Crippen molar-refractivity contribution in [2.45, 2.75) is 37.1 Å². The molecule has 1 fully saturated rings. The summed E-state index contributed by atoms with van der Waals surface area (Å²) >= 11 is 2.54. The second kappa shape index (κ2) is 7.36. The van der Waals surface area contributed by atoms with Crippen LogP contribution in [0, 0.1) is 5.92 Å². The fourth-order valence-electron chi connectivity index (χ4n) is 2.53. The van der Waals surface area contributed by atoms with E-state index in [1.807, 2.05) is 17.5 Å². The van der Waals surface area contributed by atoms with Gasteiger partial charge in [-0.05, 0) is 37.1 Å². The number of hydrogen-bond acceptors (Lipinski definition) is 5. The number of halogens is 3. The quantitative estimate of drug-likeness (QED) is 0.730. The van der Waals surface area contributed by atoms with Crippen LogP contribution < -0.4 is 0 Å². The minimum absolute atomic E-state index is 0.116. The van der Waals surface area contributed by atoms with Crippen molar-refractivity contribution >= 4 is 29.0 Å². The number of amides is 1. The molecule has 0 unspecified atom stereocenters. The number of carbonyl (C=O) groups is 1. The molecule has 2 aromatic heterocycles. The summed E-state index contributed by atoms with van der Waals surface area (Å²) in [6, 6.07) is 3.36. The zero-order chi connectivity index (χ0) is 18.0. The third-order valence-corrected chi connectivity index (χ3v) is 5.72. The van der Waals surface area contributed by atoms with Crippen LogP contribution in [0.25, 0.3) is 10.7 Å². The summed E-state index contributed by atoms with van der Waals surface area (Å²) in [5.74, 6) is 0.104. The first-order chi connectivity index (χ1) is 11.8. The van der Waals surface area contributed by atoms with E-state index in [9.17, 15) is 18.0 Å². The summed E-state index contributed by atoms with van der Waals surface area (Å²) < 4.78 is 38.4. The Morgan fingerprint density at radius 3 is 2.88 bits per heavy atom. The third kappa shape index (κ3) is 4.97. The molecule has 25 heavy (non-hydrogen) atoms. The molecule has 0 aromatic carbocycles. The molecule has 5 nitrogen and oxygen atoms in total. The second-order valence-electron chi connectivity index (χ2n) is 5.95. The van der Waals surface area contributed by atoms with Crippen molar-refractivity contribution < 1.29 is 18.0 Å². The number of aromatic nitrogens is 3. The van der Waals surface area contributed by atoms with Crippen LogP contribution in [0.1, 0.15) is 19.8 Å². The maximum Gasteiger partial charge on any atom is 0.406 e. The SMILES string of the molecule is C[C@@H](C1CC1)N(CC(F)(F)F)C(=O)CSc1n[nH]c(-c2cccs2)n1. The highest BCUT2D eigenvalue weighted by Gasteiger charge is 2.40. The van der Waals surface area contributed by atoms with Crippen molar-refractivity contribution in [3.63, 3.8) is 0 Å².